The molecule has 0 spiro atoms. The number of fused-ring (bicyclic) bond motifs is 1. The van der Waals surface area contributed by atoms with Crippen molar-refractivity contribution in [1.82, 2.24) is 4.57 Å². The van der Waals surface area contributed by atoms with Crippen molar-refractivity contribution in [3.05, 3.63) is 57.9 Å². The van der Waals surface area contributed by atoms with Gasteiger partial charge in [0.1, 0.15) is 6.54 Å². The van der Waals surface area contributed by atoms with E-state index in [1.165, 1.54) is 12.1 Å². The normalized spacial score (nSPS) is 16.1. The standard InChI is InChI=1S/C23H24ClN3O5S2/c1-2-32-20(28)14-27-18-10-9-17(34(25,30)31)13-19(18)33-22(27)26-21(29)23(11-3-4-12-23)15-5-7-16(24)8-6-15/h5-10,13H,2-4,11-12,14H2,1H3,(H2,25,30,31). The molecule has 3 aromatic rings. The zero-order valence-electron chi connectivity index (χ0n) is 18.5. The van der Waals surface area contributed by atoms with Gasteiger partial charge in [0.25, 0.3) is 5.91 Å². The molecular formula is C23H24ClN3O5S2. The third kappa shape index (κ3) is 4.81. The molecular weight excluding hydrogens is 498 g/mol. The van der Waals surface area contributed by atoms with Crippen molar-refractivity contribution >= 4 is 55.1 Å². The highest BCUT2D eigenvalue weighted by Gasteiger charge is 2.42. The van der Waals surface area contributed by atoms with Crippen LogP contribution >= 0.6 is 22.9 Å². The van der Waals surface area contributed by atoms with Crippen LogP contribution in [0.2, 0.25) is 5.02 Å². The fourth-order valence-electron chi connectivity index (χ4n) is 4.37. The van der Waals surface area contributed by atoms with E-state index in [4.69, 9.17) is 21.5 Å². The number of aromatic nitrogens is 1. The Balaban J connectivity index is 1.86. The molecule has 2 N–H and O–H groups in total. The van der Waals surface area contributed by atoms with Gasteiger partial charge in [-0.15, -0.1) is 0 Å². The molecule has 1 aliphatic rings. The average Bonchev–Trinajstić information content (AvgIpc) is 3.40. The van der Waals surface area contributed by atoms with Crippen LogP contribution in [-0.2, 0) is 36.3 Å². The van der Waals surface area contributed by atoms with Crippen molar-refractivity contribution in [2.45, 2.75) is 49.5 Å². The molecule has 1 heterocycles. The van der Waals surface area contributed by atoms with E-state index in [1.807, 2.05) is 12.1 Å². The summed E-state index contributed by atoms with van der Waals surface area (Å²) in [5.74, 6) is -0.789. The minimum atomic E-state index is -3.92. The molecule has 1 aliphatic carbocycles. The van der Waals surface area contributed by atoms with Crippen LogP contribution in [0.15, 0.2) is 52.4 Å². The van der Waals surface area contributed by atoms with Gasteiger partial charge in [0.15, 0.2) is 4.80 Å². The first-order valence-electron chi connectivity index (χ1n) is 10.8. The highest BCUT2D eigenvalue weighted by Crippen LogP contribution is 2.42. The number of ether oxygens (including phenoxy) is 1. The lowest BCUT2D eigenvalue weighted by Crippen LogP contribution is -2.34. The summed E-state index contributed by atoms with van der Waals surface area (Å²) < 4.78 is 30.8. The number of hydrogen-bond donors (Lipinski definition) is 1. The van der Waals surface area contributed by atoms with Gasteiger partial charge in [-0.1, -0.05) is 47.9 Å². The summed E-state index contributed by atoms with van der Waals surface area (Å²) in [6.45, 7) is 1.75. The third-order valence-electron chi connectivity index (χ3n) is 6.04. The van der Waals surface area contributed by atoms with Crippen LogP contribution < -0.4 is 9.94 Å². The maximum atomic E-state index is 13.7. The Morgan fingerprint density at radius 1 is 1.18 bits per heavy atom. The molecule has 0 unspecified atom stereocenters. The first-order chi connectivity index (χ1) is 16.1. The van der Waals surface area contributed by atoms with Crippen LogP contribution in [0, 0.1) is 0 Å². The van der Waals surface area contributed by atoms with Gasteiger partial charge >= 0.3 is 5.97 Å². The number of carbonyl (C=O) groups excluding carboxylic acids is 2. The monoisotopic (exact) mass is 521 g/mol. The van der Waals surface area contributed by atoms with Crippen LogP contribution in [0.1, 0.15) is 38.2 Å². The second-order valence-corrected chi connectivity index (χ2v) is 11.2. The summed E-state index contributed by atoms with van der Waals surface area (Å²) in [6.07, 6.45) is 3.12. The number of nitrogens with two attached hydrogens (primary N) is 1. The SMILES string of the molecule is CCOC(=O)Cn1c(=NC(=O)C2(c3ccc(Cl)cc3)CCCC2)sc2cc(S(N)(=O)=O)ccc21. The molecule has 0 atom stereocenters. The van der Waals surface area contributed by atoms with Crippen molar-refractivity contribution in [1.29, 1.82) is 0 Å². The van der Waals surface area contributed by atoms with Crippen molar-refractivity contribution in [2.75, 3.05) is 6.61 Å². The first kappa shape index (κ1) is 24.6. The number of benzene rings is 2. The number of carbonyl (C=O) groups is 2. The van der Waals surface area contributed by atoms with Gasteiger partial charge in [-0.3, -0.25) is 9.59 Å². The molecule has 11 heteroatoms. The molecule has 1 fully saturated rings. The highest BCUT2D eigenvalue weighted by atomic mass is 35.5. The van der Waals surface area contributed by atoms with Crippen LogP contribution in [0.25, 0.3) is 10.2 Å². The van der Waals surface area contributed by atoms with Gasteiger partial charge in [0, 0.05) is 5.02 Å². The van der Waals surface area contributed by atoms with Gasteiger partial charge < -0.3 is 9.30 Å². The molecule has 180 valence electrons. The van der Waals surface area contributed by atoms with Crippen molar-refractivity contribution < 1.29 is 22.7 Å². The van der Waals surface area contributed by atoms with Gasteiger partial charge in [-0.25, -0.2) is 13.6 Å². The number of hydrogen-bond acceptors (Lipinski definition) is 6. The lowest BCUT2D eigenvalue weighted by atomic mass is 9.78. The molecule has 1 saturated carbocycles. The fraction of sp³-hybridized carbons (Fsp3) is 0.348. The quantitative estimate of drug-likeness (QED) is 0.497. The predicted molar refractivity (Wildman–Crippen MR) is 130 cm³/mol. The number of thiazole rings is 1. The predicted octanol–water partition coefficient (Wildman–Crippen LogP) is 3.51. The molecule has 0 saturated heterocycles. The second kappa shape index (κ2) is 9.61. The van der Waals surface area contributed by atoms with E-state index in [0.717, 1.165) is 29.7 Å². The molecule has 1 amide bonds. The first-order valence-corrected chi connectivity index (χ1v) is 13.6. The number of esters is 1. The molecule has 34 heavy (non-hydrogen) atoms. The number of primary sulfonamides is 1. The molecule has 0 aliphatic heterocycles. The van der Waals surface area contributed by atoms with Crippen LogP contribution in [-0.4, -0.2) is 31.5 Å². The Hall–Kier alpha value is -2.53. The van der Waals surface area contributed by atoms with Crippen molar-refractivity contribution in [3.8, 4) is 0 Å². The smallest absolute Gasteiger partial charge is 0.326 e. The minimum absolute atomic E-state index is 0.0594. The van der Waals surface area contributed by atoms with Gasteiger partial charge in [0.05, 0.1) is 27.1 Å². The molecule has 0 bridgehead atoms. The van der Waals surface area contributed by atoms with E-state index in [9.17, 15) is 18.0 Å². The average molecular weight is 522 g/mol. The minimum Gasteiger partial charge on any atom is -0.465 e. The molecule has 8 nitrogen and oxygen atoms in total. The number of sulfonamides is 1. The van der Waals surface area contributed by atoms with Gasteiger partial charge in [0.2, 0.25) is 10.0 Å². The Morgan fingerprint density at radius 3 is 2.47 bits per heavy atom. The summed E-state index contributed by atoms with van der Waals surface area (Å²) in [4.78, 5) is 30.7. The number of rotatable bonds is 6. The number of halogens is 1. The van der Waals surface area contributed by atoms with Crippen LogP contribution in [0.4, 0.5) is 0 Å². The molecule has 4 rings (SSSR count). The molecule has 2 aromatic carbocycles. The number of nitrogens with zero attached hydrogens (tertiary/aromatic N) is 2. The third-order valence-corrected chi connectivity index (χ3v) is 8.24. The summed E-state index contributed by atoms with van der Waals surface area (Å²) in [5.41, 5.74) is 0.649. The molecule has 1 aromatic heterocycles. The summed E-state index contributed by atoms with van der Waals surface area (Å²) in [6, 6.07) is 11.6. The maximum Gasteiger partial charge on any atom is 0.326 e. The van der Waals surface area contributed by atoms with Gasteiger partial charge in [-0.2, -0.15) is 4.99 Å². The highest BCUT2D eigenvalue weighted by molar-refractivity contribution is 7.89. The van der Waals surface area contributed by atoms with E-state index in [2.05, 4.69) is 4.99 Å². The Morgan fingerprint density at radius 2 is 1.85 bits per heavy atom. The fourth-order valence-corrected chi connectivity index (χ4v) is 6.18. The number of amides is 1. The largest absolute Gasteiger partial charge is 0.465 e. The van der Waals surface area contributed by atoms with E-state index in [-0.39, 0.29) is 24.0 Å². The van der Waals surface area contributed by atoms with Crippen molar-refractivity contribution in [3.63, 3.8) is 0 Å². The van der Waals surface area contributed by atoms with E-state index < -0.39 is 21.4 Å². The topological polar surface area (TPSA) is 121 Å². The molecule has 0 radical (unpaired) electrons. The Bertz CT molecular complexity index is 1420. The lowest BCUT2D eigenvalue weighted by molar-refractivity contribution is -0.143. The Labute approximate surface area is 206 Å². The summed E-state index contributed by atoms with van der Waals surface area (Å²) in [5, 5.41) is 5.86. The van der Waals surface area contributed by atoms with E-state index in [0.29, 0.717) is 32.9 Å². The summed E-state index contributed by atoms with van der Waals surface area (Å²) >= 11 is 7.18. The lowest BCUT2D eigenvalue weighted by Gasteiger charge is -2.25. The van der Waals surface area contributed by atoms with Crippen LogP contribution in [0.3, 0.4) is 0 Å². The Kier molecular flexibility index (Phi) is 6.95. The van der Waals surface area contributed by atoms with Crippen LogP contribution in [0.5, 0.6) is 0 Å². The van der Waals surface area contributed by atoms with E-state index >= 15 is 0 Å². The van der Waals surface area contributed by atoms with Crippen molar-refractivity contribution in [2.24, 2.45) is 10.1 Å². The maximum absolute atomic E-state index is 13.7. The van der Waals surface area contributed by atoms with E-state index in [1.54, 1.807) is 29.7 Å². The van der Waals surface area contributed by atoms with Gasteiger partial charge in [-0.05, 0) is 55.7 Å². The second-order valence-electron chi connectivity index (χ2n) is 8.16. The zero-order chi connectivity index (χ0) is 24.5. The summed E-state index contributed by atoms with van der Waals surface area (Å²) in [7, 11) is -3.92. The zero-order valence-corrected chi connectivity index (χ0v) is 20.9.